The predicted molar refractivity (Wildman–Crippen MR) is 75.3 cm³/mol. The lowest BCUT2D eigenvalue weighted by atomic mass is 9.86. The summed E-state index contributed by atoms with van der Waals surface area (Å²) in [7, 11) is 1.99. The first-order valence-corrected chi connectivity index (χ1v) is 6.56. The SMILES string of the molecule is CN1C[C@H](c2cccc3ccccc23)[C@H](C(=O)O)C1. The second kappa shape index (κ2) is 4.67. The van der Waals surface area contributed by atoms with E-state index in [1.54, 1.807) is 0 Å². The zero-order chi connectivity index (χ0) is 13.4. The van der Waals surface area contributed by atoms with Crippen molar-refractivity contribution in [2.75, 3.05) is 20.1 Å². The third kappa shape index (κ3) is 2.10. The molecular formula is C16H17NO2. The molecule has 1 heterocycles. The van der Waals surface area contributed by atoms with E-state index in [1.807, 2.05) is 25.2 Å². The molecule has 0 spiro atoms. The van der Waals surface area contributed by atoms with E-state index in [4.69, 9.17) is 0 Å². The fourth-order valence-corrected chi connectivity index (χ4v) is 3.14. The Kier molecular flexibility index (Phi) is 2.99. The van der Waals surface area contributed by atoms with Gasteiger partial charge in [-0.15, -0.1) is 0 Å². The first-order valence-electron chi connectivity index (χ1n) is 6.56. The molecule has 1 saturated heterocycles. The molecule has 0 aromatic heterocycles. The standard InChI is InChI=1S/C16H17NO2/c1-17-9-14(15(10-17)16(18)19)13-8-4-6-11-5-2-3-7-12(11)13/h2-8,14-15H,9-10H2,1H3,(H,18,19)/t14-,15-/m1/s1. The molecule has 1 aliphatic rings. The lowest BCUT2D eigenvalue weighted by Gasteiger charge is -2.17. The van der Waals surface area contributed by atoms with Crippen molar-refractivity contribution in [3.8, 4) is 0 Å². The number of nitrogens with zero attached hydrogens (tertiary/aromatic N) is 1. The average molecular weight is 255 g/mol. The highest BCUT2D eigenvalue weighted by molar-refractivity contribution is 5.87. The zero-order valence-corrected chi connectivity index (χ0v) is 10.9. The van der Waals surface area contributed by atoms with Gasteiger partial charge in [-0.25, -0.2) is 0 Å². The third-order valence-electron chi connectivity index (χ3n) is 4.04. The summed E-state index contributed by atoms with van der Waals surface area (Å²) in [5.41, 5.74) is 1.16. The maximum absolute atomic E-state index is 11.4. The van der Waals surface area contributed by atoms with Crippen molar-refractivity contribution < 1.29 is 9.90 Å². The van der Waals surface area contributed by atoms with Crippen LogP contribution in [0.25, 0.3) is 10.8 Å². The minimum Gasteiger partial charge on any atom is -0.481 e. The van der Waals surface area contributed by atoms with Gasteiger partial charge in [0.25, 0.3) is 0 Å². The van der Waals surface area contributed by atoms with Gasteiger partial charge in [-0.2, -0.15) is 0 Å². The number of carboxylic acids is 1. The van der Waals surface area contributed by atoms with Gasteiger partial charge in [0.15, 0.2) is 0 Å². The van der Waals surface area contributed by atoms with Crippen LogP contribution in [0.5, 0.6) is 0 Å². The number of rotatable bonds is 2. The van der Waals surface area contributed by atoms with Gasteiger partial charge in [-0.1, -0.05) is 42.5 Å². The highest BCUT2D eigenvalue weighted by Crippen LogP contribution is 2.35. The molecule has 3 rings (SSSR count). The van der Waals surface area contributed by atoms with Crippen molar-refractivity contribution in [3.63, 3.8) is 0 Å². The molecule has 1 fully saturated rings. The first kappa shape index (κ1) is 12.2. The highest BCUT2D eigenvalue weighted by Gasteiger charge is 2.37. The van der Waals surface area contributed by atoms with E-state index in [1.165, 1.54) is 10.8 Å². The van der Waals surface area contributed by atoms with E-state index in [9.17, 15) is 9.90 Å². The lowest BCUT2D eigenvalue weighted by Crippen LogP contribution is -2.21. The molecule has 0 radical (unpaired) electrons. The Morgan fingerprint density at radius 1 is 1.16 bits per heavy atom. The molecule has 0 saturated carbocycles. The molecule has 0 unspecified atom stereocenters. The minimum absolute atomic E-state index is 0.0774. The van der Waals surface area contributed by atoms with Crippen LogP contribution in [0.2, 0.25) is 0 Å². The van der Waals surface area contributed by atoms with Crippen LogP contribution in [0.4, 0.5) is 0 Å². The van der Waals surface area contributed by atoms with Crippen molar-refractivity contribution in [2.24, 2.45) is 5.92 Å². The Balaban J connectivity index is 2.11. The average Bonchev–Trinajstić information content (AvgIpc) is 2.80. The maximum Gasteiger partial charge on any atom is 0.308 e. The molecule has 2 aromatic rings. The smallest absolute Gasteiger partial charge is 0.308 e. The van der Waals surface area contributed by atoms with Crippen molar-refractivity contribution in [3.05, 3.63) is 48.0 Å². The molecule has 19 heavy (non-hydrogen) atoms. The van der Waals surface area contributed by atoms with Crippen LogP contribution in [0.3, 0.4) is 0 Å². The molecule has 98 valence electrons. The third-order valence-corrected chi connectivity index (χ3v) is 4.04. The van der Waals surface area contributed by atoms with E-state index < -0.39 is 5.97 Å². The fourth-order valence-electron chi connectivity index (χ4n) is 3.14. The number of hydrogen-bond donors (Lipinski definition) is 1. The van der Waals surface area contributed by atoms with Crippen LogP contribution in [0.1, 0.15) is 11.5 Å². The summed E-state index contributed by atoms with van der Waals surface area (Å²) in [5, 5.41) is 11.8. The van der Waals surface area contributed by atoms with E-state index in [0.717, 1.165) is 12.1 Å². The number of carbonyl (C=O) groups is 1. The largest absolute Gasteiger partial charge is 0.481 e. The lowest BCUT2D eigenvalue weighted by molar-refractivity contribution is -0.141. The quantitative estimate of drug-likeness (QED) is 0.896. The van der Waals surface area contributed by atoms with Gasteiger partial charge in [0.2, 0.25) is 0 Å². The monoisotopic (exact) mass is 255 g/mol. The van der Waals surface area contributed by atoms with Gasteiger partial charge < -0.3 is 10.0 Å². The molecule has 0 bridgehead atoms. The normalized spacial score (nSPS) is 23.8. The van der Waals surface area contributed by atoms with E-state index in [-0.39, 0.29) is 11.8 Å². The zero-order valence-electron chi connectivity index (χ0n) is 10.9. The number of benzene rings is 2. The number of likely N-dealkylation sites (tertiary alicyclic amines) is 1. The Morgan fingerprint density at radius 2 is 1.89 bits per heavy atom. The maximum atomic E-state index is 11.4. The number of fused-ring (bicyclic) bond motifs is 1. The Bertz CT molecular complexity index is 618. The van der Waals surface area contributed by atoms with E-state index in [0.29, 0.717) is 6.54 Å². The molecule has 1 aliphatic heterocycles. The summed E-state index contributed by atoms with van der Waals surface area (Å²) in [6, 6.07) is 14.4. The van der Waals surface area contributed by atoms with E-state index >= 15 is 0 Å². The van der Waals surface area contributed by atoms with Gasteiger partial charge in [0.1, 0.15) is 0 Å². The topological polar surface area (TPSA) is 40.5 Å². The Morgan fingerprint density at radius 3 is 2.68 bits per heavy atom. The van der Waals surface area contributed by atoms with Crippen LogP contribution in [-0.4, -0.2) is 36.1 Å². The minimum atomic E-state index is -0.692. The summed E-state index contributed by atoms with van der Waals surface area (Å²) in [5.74, 6) is -0.924. The number of hydrogen-bond acceptors (Lipinski definition) is 2. The molecule has 2 atom stereocenters. The first-order chi connectivity index (χ1) is 9.16. The van der Waals surface area contributed by atoms with Crippen molar-refractivity contribution in [2.45, 2.75) is 5.92 Å². The highest BCUT2D eigenvalue weighted by atomic mass is 16.4. The molecule has 2 aromatic carbocycles. The molecule has 0 amide bonds. The van der Waals surface area contributed by atoms with Crippen molar-refractivity contribution in [1.29, 1.82) is 0 Å². The molecule has 3 nitrogen and oxygen atoms in total. The fraction of sp³-hybridized carbons (Fsp3) is 0.312. The van der Waals surface area contributed by atoms with Crippen LogP contribution in [-0.2, 0) is 4.79 Å². The van der Waals surface area contributed by atoms with Gasteiger partial charge in [-0.05, 0) is 23.4 Å². The Hall–Kier alpha value is -1.87. The van der Waals surface area contributed by atoms with Gasteiger partial charge in [-0.3, -0.25) is 4.79 Å². The number of carboxylic acid groups (broad SMARTS) is 1. The molecule has 3 heteroatoms. The molecule has 1 N–H and O–H groups in total. The van der Waals surface area contributed by atoms with E-state index in [2.05, 4.69) is 29.2 Å². The Labute approximate surface area is 112 Å². The van der Waals surface area contributed by atoms with Crippen LogP contribution < -0.4 is 0 Å². The van der Waals surface area contributed by atoms with Gasteiger partial charge in [0, 0.05) is 19.0 Å². The summed E-state index contributed by atoms with van der Waals surface area (Å²) in [6.45, 7) is 1.44. The van der Waals surface area contributed by atoms with Crippen LogP contribution in [0, 0.1) is 5.92 Å². The van der Waals surface area contributed by atoms with Gasteiger partial charge in [0.05, 0.1) is 5.92 Å². The number of aliphatic carboxylic acids is 1. The number of likely N-dealkylation sites (N-methyl/N-ethyl adjacent to an activating group) is 1. The second-order valence-corrected chi connectivity index (χ2v) is 5.34. The molecular weight excluding hydrogens is 238 g/mol. The summed E-state index contributed by atoms with van der Waals surface area (Å²) in [6.07, 6.45) is 0. The van der Waals surface area contributed by atoms with Gasteiger partial charge >= 0.3 is 5.97 Å². The summed E-state index contributed by atoms with van der Waals surface area (Å²) in [4.78, 5) is 13.5. The second-order valence-electron chi connectivity index (χ2n) is 5.34. The summed E-state index contributed by atoms with van der Waals surface area (Å²) < 4.78 is 0. The molecule has 0 aliphatic carbocycles. The van der Waals surface area contributed by atoms with Crippen molar-refractivity contribution in [1.82, 2.24) is 4.90 Å². The van der Waals surface area contributed by atoms with Crippen LogP contribution >= 0.6 is 0 Å². The van der Waals surface area contributed by atoms with Crippen LogP contribution in [0.15, 0.2) is 42.5 Å². The van der Waals surface area contributed by atoms with Crippen molar-refractivity contribution >= 4 is 16.7 Å². The predicted octanol–water partition coefficient (Wildman–Crippen LogP) is 2.57. The summed E-state index contributed by atoms with van der Waals surface area (Å²) >= 11 is 0.